The van der Waals surface area contributed by atoms with E-state index in [2.05, 4.69) is 4.72 Å². The fraction of sp³-hybridized carbons (Fsp3) is 0.571. The van der Waals surface area contributed by atoms with Crippen LogP contribution in [0.1, 0.15) is 32.3 Å². The van der Waals surface area contributed by atoms with Gasteiger partial charge in [0.15, 0.2) is 0 Å². The topological polar surface area (TPSA) is 66.4 Å². The zero-order valence-electron chi connectivity index (χ0n) is 11.7. The van der Waals surface area contributed by atoms with Gasteiger partial charge in [-0.1, -0.05) is 51.1 Å². The first-order valence-corrected chi connectivity index (χ1v) is 8.17. The van der Waals surface area contributed by atoms with Gasteiger partial charge in [0.05, 0.1) is 11.9 Å². The summed E-state index contributed by atoms with van der Waals surface area (Å²) >= 11 is 0. The largest absolute Gasteiger partial charge is 0.391 e. The van der Waals surface area contributed by atoms with Gasteiger partial charge in [-0.15, -0.1) is 0 Å². The first-order valence-electron chi connectivity index (χ1n) is 6.52. The minimum atomic E-state index is -3.37. The molecule has 19 heavy (non-hydrogen) atoms. The monoisotopic (exact) mass is 285 g/mol. The van der Waals surface area contributed by atoms with Gasteiger partial charge in [0.25, 0.3) is 0 Å². The Morgan fingerprint density at radius 1 is 1.16 bits per heavy atom. The predicted octanol–water partition coefficient (Wildman–Crippen LogP) is 1.73. The van der Waals surface area contributed by atoms with Gasteiger partial charge in [0, 0.05) is 6.54 Å². The third-order valence-electron chi connectivity index (χ3n) is 3.12. The van der Waals surface area contributed by atoms with Crippen molar-refractivity contribution in [1.29, 1.82) is 0 Å². The Labute approximate surface area is 115 Å². The van der Waals surface area contributed by atoms with Crippen molar-refractivity contribution < 1.29 is 13.5 Å². The van der Waals surface area contributed by atoms with Gasteiger partial charge < -0.3 is 5.11 Å². The summed E-state index contributed by atoms with van der Waals surface area (Å²) in [7, 11) is -3.37. The van der Waals surface area contributed by atoms with E-state index in [1.165, 1.54) is 0 Å². The maximum atomic E-state index is 11.9. The summed E-state index contributed by atoms with van der Waals surface area (Å²) in [5.74, 6) is -0.00824. The number of rotatable bonds is 7. The molecule has 1 aromatic carbocycles. The highest BCUT2D eigenvalue weighted by Gasteiger charge is 2.19. The Bertz CT molecular complexity index is 471. The molecule has 1 rings (SSSR count). The van der Waals surface area contributed by atoms with E-state index in [0.29, 0.717) is 0 Å². The van der Waals surface area contributed by atoms with E-state index in [4.69, 9.17) is 0 Å². The molecule has 0 aliphatic rings. The molecule has 2 atom stereocenters. The first-order chi connectivity index (χ1) is 8.82. The van der Waals surface area contributed by atoms with Crippen LogP contribution >= 0.6 is 0 Å². The van der Waals surface area contributed by atoms with E-state index >= 15 is 0 Å². The van der Waals surface area contributed by atoms with Crippen molar-refractivity contribution in [2.45, 2.75) is 32.8 Å². The van der Waals surface area contributed by atoms with Crippen LogP contribution in [0, 0.1) is 5.92 Å². The van der Waals surface area contributed by atoms with E-state index in [-0.39, 0.29) is 24.1 Å². The van der Waals surface area contributed by atoms with Crippen LogP contribution < -0.4 is 4.72 Å². The molecule has 0 saturated carbocycles. The van der Waals surface area contributed by atoms with Crippen molar-refractivity contribution >= 4 is 10.0 Å². The molecule has 0 saturated heterocycles. The molecular formula is C14H23NO3S. The highest BCUT2D eigenvalue weighted by atomic mass is 32.2. The highest BCUT2D eigenvalue weighted by molar-refractivity contribution is 7.89. The average molecular weight is 285 g/mol. The zero-order chi connectivity index (χ0) is 14.5. The van der Waals surface area contributed by atoms with Gasteiger partial charge in [-0.25, -0.2) is 13.1 Å². The number of aliphatic hydroxyl groups is 1. The number of hydrogen-bond acceptors (Lipinski definition) is 3. The van der Waals surface area contributed by atoms with E-state index in [9.17, 15) is 13.5 Å². The molecule has 0 aliphatic carbocycles. The Kier molecular flexibility index (Phi) is 5.97. The normalized spacial score (nSPS) is 15.4. The number of nitrogens with one attached hydrogen (secondary N) is 1. The van der Waals surface area contributed by atoms with Gasteiger partial charge in [-0.3, -0.25) is 0 Å². The van der Waals surface area contributed by atoms with Crippen LogP contribution in [0.4, 0.5) is 0 Å². The minimum Gasteiger partial charge on any atom is -0.391 e. The van der Waals surface area contributed by atoms with Crippen molar-refractivity contribution in [1.82, 2.24) is 4.72 Å². The molecular weight excluding hydrogens is 262 g/mol. The van der Waals surface area contributed by atoms with Crippen molar-refractivity contribution in [2.75, 3.05) is 12.3 Å². The fourth-order valence-electron chi connectivity index (χ4n) is 1.71. The number of sulfonamides is 1. The second kappa shape index (κ2) is 7.03. The van der Waals surface area contributed by atoms with E-state index in [0.717, 1.165) is 5.56 Å². The molecule has 0 amide bonds. The van der Waals surface area contributed by atoms with Gasteiger partial charge >= 0.3 is 0 Å². The molecule has 0 aromatic heterocycles. The van der Waals surface area contributed by atoms with Crippen LogP contribution in [0.5, 0.6) is 0 Å². The lowest BCUT2D eigenvalue weighted by Crippen LogP contribution is -2.36. The van der Waals surface area contributed by atoms with Crippen LogP contribution in [-0.4, -0.2) is 31.9 Å². The maximum Gasteiger partial charge on any atom is 0.212 e. The fourth-order valence-corrected chi connectivity index (χ4v) is 3.11. The molecule has 2 unspecified atom stereocenters. The second-order valence-electron chi connectivity index (χ2n) is 5.25. The summed E-state index contributed by atoms with van der Waals surface area (Å²) in [4.78, 5) is 0. The van der Waals surface area contributed by atoms with Crippen molar-refractivity contribution in [2.24, 2.45) is 5.92 Å². The van der Waals surface area contributed by atoms with Crippen LogP contribution in [0.3, 0.4) is 0 Å². The molecule has 0 bridgehead atoms. The second-order valence-corrected chi connectivity index (χ2v) is 7.10. The summed E-state index contributed by atoms with van der Waals surface area (Å²) in [6.07, 6.45) is -0.651. The predicted molar refractivity (Wildman–Crippen MR) is 77.5 cm³/mol. The van der Waals surface area contributed by atoms with E-state index < -0.39 is 16.1 Å². The first kappa shape index (κ1) is 16.1. The number of benzene rings is 1. The average Bonchev–Trinajstić information content (AvgIpc) is 2.36. The third-order valence-corrected chi connectivity index (χ3v) is 4.67. The summed E-state index contributed by atoms with van der Waals surface area (Å²) in [6.45, 7) is 5.66. The zero-order valence-corrected chi connectivity index (χ0v) is 12.5. The van der Waals surface area contributed by atoms with E-state index in [1.807, 2.05) is 51.1 Å². The molecule has 4 nitrogen and oxygen atoms in total. The highest BCUT2D eigenvalue weighted by Crippen LogP contribution is 2.16. The van der Waals surface area contributed by atoms with Gasteiger partial charge in [-0.2, -0.15) is 0 Å². The summed E-state index contributed by atoms with van der Waals surface area (Å²) in [5, 5.41) is 9.61. The lowest BCUT2D eigenvalue weighted by Gasteiger charge is -2.17. The SMILES string of the molecule is CC(CS(=O)(=O)NCC(O)C(C)C)c1ccccc1. The molecule has 0 aliphatic heterocycles. The molecule has 1 aromatic rings. The maximum absolute atomic E-state index is 11.9. The lowest BCUT2D eigenvalue weighted by atomic mass is 10.0. The molecule has 2 N–H and O–H groups in total. The van der Waals surface area contributed by atoms with Gasteiger partial charge in [0.2, 0.25) is 10.0 Å². The Hall–Kier alpha value is -0.910. The smallest absolute Gasteiger partial charge is 0.212 e. The van der Waals surface area contributed by atoms with Crippen molar-refractivity contribution in [3.8, 4) is 0 Å². The number of aliphatic hydroxyl groups excluding tert-OH is 1. The number of hydrogen-bond donors (Lipinski definition) is 2. The summed E-state index contributed by atoms with van der Waals surface area (Å²) in [5.41, 5.74) is 0.997. The Morgan fingerprint density at radius 2 is 1.74 bits per heavy atom. The summed E-state index contributed by atoms with van der Waals surface area (Å²) < 4.78 is 26.3. The van der Waals surface area contributed by atoms with Crippen molar-refractivity contribution in [3.05, 3.63) is 35.9 Å². The third kappa shape index (κ3) is 5.72. The minimum absolute atomic E-state index is 0.0296. The van der Waals surface area contributed by atoms with Crippen LogP contribution in [0.2, 0.25) is 0 Å². The van der Waals surface area contributed by atoms with Crippen LogP contribution in [0.15, 0.2) is 30.3 Å². The quantitative estimate of drug-likeness (QED) is 0.801. The van der Waals surface area contributed by atoms with Crippen molar-refractivity contribution in [3.63, 3.8) is 0 Å². The molecule has 0 radical (unpaired) electrons. The van der Waals surface area contributed by atoms with Gasteiger partial charge in [-0.05, 0) is 17.4 Å². The molecule has 108 valence electrons. The van der Waals surface area contributed by atoms with Crippen LogP contribution in [-0.2, 0) is 10.0 Å². The summed E-state index contributed by atoms with van der Waals surface area (Å²) in [6, 6.07) is 9.54. The molecule has 5 heteroatoms. The standard InChI is InChI=1S/C14H23NO3S/c1-11(2)14(16)9-15-19(17,18)10-12(3)13-7-5-4-6-8-13/h4-8,11-12,14-16H,9-10H2,1-3H3. The van der Waals surface area contributed by atoms with Gasteiger partial charge in [0.1, 0.15) is 0 Å². The Morgan fingerprint density at radius 3 is 2.26 bits per heavy atom. The van der Waals surface area contributed by atoms with E-state index in [1.54, 1.807) is 0 Å². The van der Waals surface area contributed by atoms with Crippen LogP contribution in [0.25, 0.3) is 0 Å². The molecule has 0 spiro atoms. The lowest BCUT2D eigenvalue weighted by molar-refractivity contribution is 0.129. The Balaban J connectivity index is 2.55. The molecule has 0 heterocycles. The molecule has 0 fully saturated rings.